The lowest BCUT2D eigenvalue weighted by atomic mass is 10.1. The Morgan fingerprint density at radius 2 is 1.87 bits per heavy atom. The van der Waals surface area contributed by atoms with Gasteiger partial charge in [0, 0.05) is 29.1 Å². The van der Waals surface area contributed by atoms with E-state index in [0.717, 1.165) is 29.3 Å². The van der Waals surface area contributed by atoms with Crippen LogP contribution in [0.2, 0.25) is 0 Å². The number of carbonyl (C=O) groups is 1. The number of amides is 1. The highest BCUT2D eigenvalue weighted by atomic mass is 16.2. The number of aromatic amines is 1. The first kappa shape index (κ1) is 17.3. The molecule has 4 heteroatoms. The van der Waals surface area contributed by atoms with Crippen molar-refractivity contribution in [2.45, 2.75) is 58.3 Å². The summed E-state index contributed by atoms with van der Waals surface area (Å²) in [6.45, 7) is 2.22. The van der Waals surface area contributed by atoms with E-state index in [-0.39, 0.29) is 5.91 Å². The molecule has 1 aromatic heterocycles. The van der Waals surface area contributed by atoms with Crippen molar-refractivity contribution in [1.29, 1.82) is 0 Å². The topological polar surface area (TPSA) is 57.2 Å². The van der Waals surface area contributed by atoms with Crippen molar-refractivity contribution in [3.05, 3.63) is 36.0 Å². The Bertz CT molecular complexity index is 630. The monoisotopic (exact) mass is 313 g/mol. The molecular weight excluding hydrogens is 286 g/mol. The average Bonchev–Trinajstić information content (AvgIpc) is 2.97. The molecule has 124 valence electrons. The third-order valence-electron chi connectivity index (χ3n) is 4.02. The number of nitrogens with zero attached hydrogens (tertiary/aromatic N) is 1. The molecule has 2 rings (SSSR count). The van der Waals surface area contributed by atoms with E-state index in [4.69, 9.17) is 0 Å². The molecule has 0 aliphatic carbocycles. The quantitative estimate of drug-likeness (QED) is 0.371. The maximum atomic E-state index is 11.7. The molecule has 1 heterocycles. The van der Waals surface area contributed by atoms with Crippen molar-refractivity contribution in [2.24, 2.45) is 5.10 Å². The summed E-state index contributed by atoms with van der Waals surface area (Å²) in [6.07, 6.45) is 12.7. The SMILES string of the molecule is CCCCCCCCCC(=O)NN=Cc1c[nH]c2ccccc12. The van der Waals surface area contributed by atoms with Crippen LogP contribution >= 0.6 is 0 Å². The van der Waals surface area contributed by atoms with Crippen molar-refractivity contribution >= 4 is 23.0 Å². The van der Waals surface area contributed by atoms with E-state index in [0.29, 0.717) is 6.42 Å². The molecule has 4 nitrogen and oxygen atoms in total. The average molecular weight is 313 g/mol. The number of para-hydroxylation sites is 1. The molecule has 0 atom stereocenters. The Kier molecular flexibility index (Phi) is 7.37. The Labute approximate surface area is 138 Å². The summed E-state index contributed by atoms with van der Waals surface area (Å²) >= 11 is 0. The van der Waals surface area contributed by atoms with E-state index < -0.39 is 0 Å². The first-order chi connectivity index (χ1) is 11.3. The summed E-state index contributed by atoms with van der Waals surface area (Å²) in [7, 11) is 0. The highest BCUT2D eigenvalue weighted by Gasteiger charge is 2.01. The van der Waals surface area contributed by atoms with Crippen molar-refractivity contribution < 1.29 is 4.79 Å². The number of fused-ring (bicyclic) bond motifs is 1. The lowest BCUT2D eigenvalue weighted by molar-refractivity contribution is -0.121. The van der Waals surface area contributed by atoms with Crippen LogP contribution in [0.15, 0.2) is 35.6 Å². The molecule has 1 aromatic carbocycles. The van der Waals surface area contributed by atoms with Crippen molar-refractivity contribution in [1.82, 2.24) is 10.4 Å². The Balaban J connectivity index is 1.64. The third kappa shape index (κ3) is 5.89. The van der Waals surface area contributed by atoms with Crippen LogP contribution in [0.25, 0.3) is 10.9 Å². The van der Waals surface area contributed by atoms with Crippen LogP contribution in [-0.4, -0.2) is 17.1 Å². The van der Waals surface area contributed by atoms with Gasteiger partial charge in [-0.3, -0.25) is 4.79 Å². The van der Waals surface area contributed by atoms with Crippen LogP contribution in [0.5, 0.6) is 0 Å². The predicted molar refractivity (Wildman–Crippen MR) is 96.6 cm³/mol. The molecule has 0 aliphatic rings. The van der Waals surface area contributed by atoms with E-state index in [9.17, 15) is 4.79 Å². The van der Waals surface area contributed by atoms with Gasteiger partial charge < -0.3 is 4.98 Å². The van der Waals surface area contributed by atoms with Crippen molar-refractivity contribution in [3.63, 3.8) is 0 Å². The van der Waals surface area contributed by atoms with Crippen LogP contribution < -0.4 is 5.43 Å². The normalized spacial score (nSPS) is 11.3. The van der Waals surface area contributed by atoms with E-state index in [1.807, 2.05) is 30.5 Å². The molecule has 23 heavy (non-hydrogen) atoms. The minimum absolute atomic E-state index is 0.00495. The van der Waals surface area contributed by atoms with Gasteiger partial charge in [-0.05, 0) is 12.5 Å². The maximum Gasteiger partial charge on any atom is 0.240 e. The molecule has 1 amide bonds. The van der Waals surface area contributed by atoms with Gasteiger partial charge in [-0.15, -0.1) is 0 Å². The lowest BCUT2D eigenvalue weighted by Gasteiger charge is -2.01. The second kappa shape index (κ2) is 9.82. The van der Waals surface area contributed by atoms with Crippen LogP contribution in [0, 0.1) is 0 Å². The molecule has 0 spiro atoms. The Morgan fingerprint density at radius 3 is 2.70 bits per heavy atom. The fourth-order valence-electron chi connectivity index (χ4n) is 2.67. The number of aromatic nitrogens is 1. The molecule has 0 bridgehead atoms. The number of H-pyrrole nitrogens is 1. The van der Waals surface area contributed by atoms with E-state index in [1.165, 1.54) is 32.1 Å². The van der Waals surface area contributed by atoms with Gasteiger partial charge in [-0.2, -0.15) is 5.10 Å². The Morgan fingerprint density at radius 1 is 1.13 bits per heavy atom. The molecule has 0 radical (unpaired) electrons. The van der Waals surface area contributed by atoms with Crippen LogP contribution in [0.3, 0.4) is 0 Å². The Hall–Kier alpha value is -2.10. The molecule has 0 unspecified atom stereocenters. The summed E-state index contributed by atoms with van der Waals surface area (Å²) in [4.78, 5) is 14.9. The first-order valence-corrected chi connectivity index (χ1v) is 8.69. The highest BCUT2D eigenvalue weighted by molar-refractivity contribution is 5.99. The minimum Gasteiger partial charge on any atom is -0.361 e. The number of hydrazone groups is 1. The summed E-state index contributed by atoms with van der Waals surface area (Å²) in [5.41, 5.74) is 4.67. The summed E-state index contributed by atoms with van der Waals surface area (Å²) in [6, 6.07) is 8.04. The second-order valence-corrected chi connectivity index (χ2v) is 5.95. The zero-order valence-corrected chi connectivity index (χ0v) is 14.0. The van der Waals surface area contributed by atoms with Gasteiger partial charge in [-0.1, -0.05) is 63.6 Å². The maximum absolute atomic E-state index is 11.7. The molecule has 0 fully saturated rings. The second-order valence-electron chi connectivity index (χ2n) is 5.95. The smallest absolute Gasteiger partial charge is 0.240 e. The number of benzene rings is 1. The lowest BCUT2D eigenvalue weighted by Crippen LogP contribution is -2.16. The van der Waals surface area contributed by atoms with Gasteiger partial charge in [-0.25, -0.2) is 5.43 Å². The number of hydrogen-bond acceptors (Lipinski definition) is 2. The van der Waals surface area contributed by atoms with Crippen molar-refractivity contribution in [2.75, 3.05) is 0 Å². The molecule has 2 aromatic rings. The third-order valence-corrected chi connectivity index (χ3v) is 4.02. The van der Waals surface area contributed by atoms with Gasteiger partial charge in [0.2, 0.25) is 5.91 Å². The largest absolute Gasteiger partial charge is 0.361 e. The number of hydrogen-bond donors (Lipinski definition) is 2. The number of rotatable bonds is 10. The fraction of sp³-hybridized carbons (Fsp3) is 0.474. The van der Waals surface area contributed by atoms with Gasteiger partial charge in [0.1, 0.15) is 0 Å². The zero-order chi connectivity index (χ0) is 16.3. The van der Waals surface area contributed by atoms with E-state index >= 15 is 0 Å². The summed E-state index contributed by atoms with van der Waals surface area (Å²) in [5, 5.41) is 5.17. The summed E-state index contributed by atoms with van der Waals surface area (Å²) in [5.74, 6) is -0.00495. The zero-order valence-electron chi connectivity index (χ0n) is 14.0. The number of carbonyl (C=O) groups excluding carboxylic acids is 1. The van der Waals surface area contributed by atoms with Gasteiger partial charge >= 0.3 is 0 Å². The van der Waals surface area contributed by atoms with Crippen molar-refractivity contribution in [3.8, 4) is 0 Å². The first-order valence-electron chi connectivity index (χ1n) is 8.69. The van der Waals surface area contributed by atoms with E-state index in [1.54, 1.807) is 6.21 Å². The number of unbranched alkanes of at least 4 members (excludes halogenated alkanes) is 6. The van der Waals surface area contributed by atoms with Gasteiger partial charge in [0.15, 0.2) is 0 Å². The molecular formula is C19H27N3O. The predicted octanol–water partition coefficient (Wildman–Crippen LogP) is 4.76. The molecule has 0 saturated carbocycles. The van der Waals surface area contributed by atoms with Crippen LogP contribution in [0.4, 0.5) is 0 Å². The standard InChI is InChI=1S/C19H27N3O/c1-2-3-4-5-6-7-8-13-19(23)22-21-15-16-14-20-18-12-10-9-11-17(16)18/h9-12,14-15,20H,2-8,13H2,1H3,(H,22,23). The van der Waals surface area contributed by atoms with Crippen LogP contribution in [-0.2, 0) is 4.79 Å². The van der Waals surface area contributed by atoms with Gasteiger partial charge in [0.05, 0.1) is 6.21 Å². The van der Waals surface area contributed by atoms with Gasteiger partial charge in [0.25, 0.3) is 0 Å². The highest BCUT2D eigenvalue weighted by Crippen LogP contribution is 2.15. The molecule has 0 saturated heterocycles. The van der Waals surface area contributed by atoms with E-state index in [2.05, 4.69) is 22.4 Å². The molecule has 0 aliphatic heterocycles. The molecule has 2 N–H and O–H groups in total. The minimum atomic E-state index is -0.00495. The number of nitrogens with one attached hydrogen (secondary N) is 2. The fourth-order valence-corrected chi connectivity index (χ4v) is 2.67. The van der Waals surface area contributed by atoms with Crippen LogP contribution in [0.1, 0.15) is 63.9 Å². The summed E-state index contributed by atoms with van der Waals surface area (Å²) < 4.78 is 0.